The van der Waals surface area contributed by atoms with Gasteiger partial charge < -0.3 is 4.90 Å². The van der Waals surface area contributed by atoms with Crippen LogP contribution < -0.4 is 0 Å². The number of aryl methyl sites for hydroxylation is 1. The van der Waals surface area contributed by atoms with Crippen LogP contribution in [0.25, 0.3) is 0 Å². The Morgan fingerprint density at radius 2 is 1.72 bits per heavy atom. The van der Waals surface area contributed by atoms with Crippen LogP contribution in [0.4, 0.5) is 0 Å². The number of carbonyl (C=O) groups excluding carboxylic acids is 1. The maximum Gasteiger partial charge on any atom is 0.243 e. The third kappa shape index (κ3) is 4.87. The Labute approximate surface area is 218 Å². The number of fused-ring (bicyclic) bond motifs is 1. The van der Waals surface area contributed by atoms with Gasteiger partial charge in [0.05, 0.1) is 10.9 Å². The third-order valence-corrected chi connectivity index (χ3v) is 10.5. The second-order valence-electron chi connectivity index (χ2n) is 9.71. The molecule has 0 N–H and O–H groups in total. The number of amides is 1. The van der Waals surface area contributed by atoms with Crippen molar-refractivity contribution in [2.24, 2.45) is 0 Å². The van der Waals surface area contributed by atoms with Gasteiger partial charge in [-0.3, -0.25) is 9.69 Å². The molecule has 6 nitrogen and oxygen atoms in total. The van der Waals surface area contributed by atoms with Gasteiger partial charge in [-0.1, -0.05) is 42.5 Å². The van der Waals surface area contributed by atoms with Crippen molar-refractivity contribution < 1.29 is 13.2 Å². The molecule has 3 aromatic rings. The van der Waals surface area contributed by atoms with Crippen molar-refractivity contribution in [3.05, 3.63) is 87.6 Å². The smallest absolute Gasteiger partial charge is 0.243 e. The molecule has 36 heavy (non-hydrogen) atoms. The number of hydrogen-bond donors (Lipinski definition) is 0. The number of carbonyl (C=O) groups is 1. The van der Waals surface area contributed by atoms with Gasteiger partial charge in [-0.25, -0.2) is 8.42 Å². The summed E-state index contributed by atoms with van der Waals surface area (Å²) in [6, 6.07) is 19.2. The van der Waals surface area contributed by atoms with Crippen molar-refractivity contribution in [3.63, 3.8) is 0 Å². The highest BCUT2D eigenvalue weighted by Gasteiger charge is 2.36. The van der Waals surface area contributed by atoms with E-state index in [0.717, 1.165) is 13.0 Å². The van der Waals surface area contributed by atoms with E-state index < -0.39 is 10.0 Å². The van der Waals surface area contributed by atoms with Crippen LogP contribution in [0.5, 0.6) is 0 Å². The van der Waals surface area contributed by atoms with Crippen molar-refractivity contribution in [3.8, 4) is 0 Å². The van der Waals surface area contributed by atoms with Crippen molar-refractivity contribution in [2.45, 2.75) is 43.7 Å². The molecule has 5 rings (SSSR count). The Morgan fingerprint density at radius 3 is 2.47 bits per heavy atom. The van der Waals surface area contributed by atoms with Gasteiger partial charge >= 0.3 is 0 Å². The van der Waals surface area contributed by atoms with Crippen molar-refractivity contribution >= 4 is 27.3 Å². The minimum atomic E-state index is -3.57. The van der Waals surface area contributed by atoms with Crippen LogP contribution in [0.2, 0.25) is 0 Å². The molecular formula is C28H33N3O3S2. The molecule has 1 fully saturated rings. The summed E-state index contributed by atoms with van der Waals surface area (Å²) in [6.45, 7) is 6.81. The fraction of sp³-hybridized carbons (Fsp3) is 0.393. The highest BCUT2D eigenvalue weighted by atomic mass is 32.2. The number of nitrogens with zero attached hydrogens (tertiary/aromatic N) is 3. The second-order valence-corrected chi connectivity index (χ2v) is 12.6. The number of thiophene rings is 1. The number of sulfonamides is 1. The molecule has 2 aromatic carbocycles. The predicted molar refractivity (Wildman–Crippen MR) is 144 cm³/mol. The SMILES string of the molecule is Cc1ccccc1C1c2ccsc2CCN1CCC(=O)N1CCN(S(=O)(=O)c2ccccc2)C(C)C1. The maximum absolute atomic E-state index is 13.3. The number of piperazine rings is 1. The summed E-state index contributed by atoms with van der Waals surface area (Å²) in [4.78, 5) is 19.3. The summed E-state index contributed by atoms with van der Waals surface area (Å²) < 4.78 is 27.7. The molecule has 0 aliphatic carbocycles. The molecular weight excluding hydrogens is 490 g/mol. The first-order valence-electron chi connectivity index (χ1n) is 12.6. The summed E-state index contributed by atoms with van der Waals surface area (Å²) in [6.07, 6.45) is 1.44. The average Bonchev–Trinajstić information content (AvgIpc) is 3.37. The molecule has 1 aromatic heterocycles. The molecule has 1 amide bonds. The zero-order valence-corrected chi connectivity index (χ0v) is 22.5. The molecule has 2 aliphatic heterocycles. The minimum absolute atomic E-state index is 0.0956. The Morgan fingerprint density at radius 1 is 0.972 bits per heavy atom. The first kappa shape index (κ1) is 25.1. The van der Waals surface area contributed by atoms with E-state index in [1.54, 1.807) is 24.3 Å². The van der Waals surface area contributed by atoms with E-state index in [0.29, 0.717) is 37.5 Å². The fourth-order valence-corrected chi connectivity index (χ4v) is 8.05. The molecule has 0 radical (unpaired) electrons. The normalized spacial score (nSPS) is 21.3. The summed E-state index contributed by atoms with van der Waals surface area (Å²) in [5.74, 6) is 0.0956. The minimum Gasteiger partial charge on any atom is -0.340 e. The van der Waals surface area contributed by atoms with Crippen LogP contribution in [0, 0.1) is 6.92 Å². The molecule has 3 heterocycles. The van der Waals surface area contributed by atoms with E-state index in [9.17, 15) is 13.2 Å². The zero-order valence-electron chi connectivity index (χ0n) is 20.8. The Hall–Kier alpha value is -2.52. The summed E-state index contributed by atoms with van der Waals surface area (Å²) in [5.41, 5.74) is 3.93. The number of benzene rings is 2. The van der Waals surface area contributed by atoms with Crippen LogP contribution in [0.3, 0.4) is 0 Å². The lowest BCUT2D eigenvalue weighted by Crippen LogP contribution is -2.55. The van der Waals surface area contributed by atoms with Gasteiger partial charge in [0.25, 0.3) is 0 Å². The van der Waals surface area contributed by atoms with Gasteiger partial charge in [0.15, 0.2) is 0 Å². The van der Waals surface area contributed by atoms with E-state index in [2.05, 4.69) is 47.5 Å². The summed E-state index contributed by atoms with van der Waals surface area (Å²) >= 11 is 1.82. The molecule has 0 saturated carbocycles. The van der Waals surface area contributed by atoms with Gasteiger partial charge in [0, 0.05) is 50.1 Å². The van der Waals surface area contributed by atoms with Crippen molar-refractivity contribution in [1.29, 1.82) is 0 Å². The largest absolute Gasteiger partial charge is 0.340 e. The summed E-state index contributed by atoms with van der Waals surface area (Å²) in [5, 5.41) is 2.18. The predicted octanol–water partition coefficient (Wildman–Crippen LogP) is 4.32. The van der Waals surface area contributed by atoms with Crippen LogP contribution in [0.1, 0.15) is 41.0 Å². The lowest BCUT2D eigenvalue weighted by molar-refractivity contribution is -0.133. The fourth-order valence-electron chi connectivity index (χ4n) is 5.52. The molecule has 0 spiro atoms. The van der Waals surface area contributed by atoms with Gasteiger partial charge in [-0.2, -0.15) is 4.31 Å². The highest BCUT2D eigenvalue weighted by molar-refractivity contribution is 7.89. The Kier molecular flexibility index (Phi) is 7.30. The van der Waals surface area contributed by atoms with E-state index in [-0.39, 0.29) is 18.0 Å². The number of rotatable bonds is 6. The van der Waals surface area contributed by atoms with Gasteiger partial charge in [0.1, 0.15) is 0 Å². The second kappa shape index (κ2) is 10.5. The standard InChI is InChI=1S/C28H33N3O3S2/c1-21-8-6-7-11-24(21)28-25-14-19-35-26(25)12-15-29(28)16-13-27(32)30-17-18-31(22(2)20-30)36(33,34)23-9-4-3-5-10-23/h3-11,14,19,22,28H,12-13,15-18,20H2,1-2H3. The van der Waals surface area contributed by atoms with E-state index in [1.165, 1.54) is 25.9 Å². The van der Waals surface area contributed by atoms with Gasteiger partial charge in [-0.15, -0.1) is 11.3 Å². The first-order valence-corrected chi connectivity index (χ1v) is 14.9. The average molecular weight is 524 g/mol. The molecule has 2 aliphatic rings. The van der Waals surface area contributed by atoms with Crippen LogP contribution in [0.15, 0.2) is 70.9 Å². The lowest BCUT2D eigenvalue weighted by Gasteiger charge is -2.40. The van der Waals surface area contributed by atoms with Crippen molar-refractivity contribution in [1.82, 2.24) is 14.1 Å². The Bertz CT molecular complexity index is 1320. The highest BCUT2D eigenvalue weighted by Crippen LogP contribution is 2.39. The van der Waals surface area contributed by atoms with Gasteiger partial charge in [-0.05, 0) is 60.5 Å². The number of hydrogen-bond acceptors (Lipinski definition) is 5. The Balaban J connectivity index is 1.25. The topological polar surface area (TPSA) is 60.9 Å². The molecule has 2 unspecified atom stereocenters. The molecule has 8 heteroatoms. The van der Waals surface area contributed by atoms with Crippen LogP contribution in [-0.4, -0.2) is 67.2 Å². The monoisotopic (exact) mass is 523 g/mol. The van der Waals surface area contributed by atoms with E-state index in [1.807, 2.05) is 29.2 Å². The lowest BCUT2D eigenvalue weighted by atomic mass is 9.90. The third-order valence-electron chi connectivity index (χ3n) is 7.43. The van der Waals surface area contributed by atoms with E-state index >= 15 is 0 Å². The molecule has 0 bridgehead atoms. The quantitative estimate of drug-likeness (QED) is 0.483. The maximum atomic E-state index is 13.3. The van der Waals surface area contributed by atoms with Crippen molar-refractivity contribution in [2.75, 3.05) is 32.7 Å². The van der Waals surface area contributed by atoms with Crippen LogP contribution in [-0.2, 0) is 21.2 Å². The van der Waals surface area contributed by atoms with E-state index in [4.69, 9.17) is 0 Å². The molecule has 190 valence electrons. The zero-order chi connectivity index (χ0) is 25.3. The molecule has 1 saturated heterocycles. The van der Waals surface area contributed by atoms with Crippen LogP contribution >= 0.6 is 11.3 Å². The summed E-state index contributed by atoms with van der Waals surface area (Å²) in [7, 11) is -3.57. The van der Waals surface area contributed by atoms with Gasteiger partial charge in [0.2, 0.25) is 15.9 Å². The molecule has 2 atom stereocenters. The first-order chi connectivity index (χ1) is 17.4.